The van der Waals surface area contributed by atoms with Crippen LogP contribution >= 0.6 is 23.2 Å². The number of benzene rings is 1. The van der Waals surface area contributed by atoms with E-state index in [4.69, 9.17) is 28.0 Å². The van der Waals surface area contributed by atoms with Gasteiger partial charge in [0, 0.05) is 24.0 Å². The first-order valence-corrected chi connectivity index (χ1v) is 7.95. The summed E-state index contributed by atoms with van der Waals surface area (Å²) < 4.78 is 0. The molecule has 0 aliphatic heterocycles. The largest absolute Gasteiger partial charge is 0.375 e. The Balaban J connectivity index is 2.36. The summed E-state index contributed by atoms with van der Waals surface area (Å²) in [7, 11) is 0. The number of rotatable bonds is 5. The summed E-state index contributed by atoms with van der Waals surface area (Å²) in [5, 5.41) is 3.58. The molecule has 0 heterocycles. The van der Waals surface area contributed by atoms with Crippen molar-refractivity contribution in [2.45, 2.75) is 31.7 Å². The van der Waals surface area contributed by atoms with Crippen molar-refractivity contribution in [3.8, 4) is 0 Å². The summed E-state index contributed by atoms with van der Waals surface area (Å²) in [6.07, 6.45) is 0.963. The van der Waals surface area contributed by atoms with Gasteiger partial charge in [-0.2, -0.15) is 0 Å². The number of oxime groups is 1. The molecule has 5 nitrogen and oxygen atoms in total. The van der Waals surface area contributed by atoms with E-state index in [0.29, 0.717) is 12.0 Å². The van der Waals surface area contributed by atoms with Crippen LogP contribution in [0.3, 0.4) is 0 Å². The number of carbonyl (C=O) groups excluding carboxylic acids is 3. The van der Waals surface area contributed by atoms with E-state index in [2.05, 4.69) is 5.16 Å². The summed E-state index contributed by atoms with van der Waals surface area (Å²) in [5.74, 6) is -2.50. The van der Waals surface area contributed by atoms with Crippen molar-refractivity contribution in [3.63, 3.8) is 0 Å². The van der Waals surface area contributed by atoms with Crippen molar-refractivity contribution in [2.75, 3.05) is 0 Å². The lowest BCUT2D eigenvalue weighted by molar-refractivity contribution is -0.133. The van der Waals surface area contributed by atoms with E-state index in [0.717, 1.165) is 0 Å². The van der Waals surface area contributed by atoms with Crippen LogP contribution in [0.1, 0.15) is 42.1 Å². The number of ketones is 3. The SMILES string of the molecule is CC(Cl)O/N=C(\Cl)c1ccccc1C(=O)C1C(=O)CCCC1=O. The molecule has 1 aromatic rings. The highest BCUT2D eigenvalue weighted by Crippen LogP contribution is 2.24. The Bertz CT molecular complexity index is 654. The van der Waals surface area contributed by atoms with Crippen LogP contribution in [0.2, 0.25) is 0 Å². The van der Waals surface area contributed by atoms with Gasteiger partial charge < -0.3 is 4.84 Å². The van der Waals surface area contributed by atoms with E-state index in [-0.39, 0.29) is 35.1 Å². The van der Waals surface area contributed by atoms with Crippen molar-refractivity contribution in [3.05, 3.63) is 35.4 Å². The lowest BCUT2D eigenvalue weighted by Gasteiger charge is -2.19. The Labute approximate surface area is 143 Å². The lowest BCUT2D eigenvalue weighted by Crippen LogP contribution is -2.35. The zero-order valence-corrected chi connectivity index (χ0v) is 13.9. The first-order chi connectivity index (χ1) is 10.9. The zero-order valence-electron chi connectivity index (χ0n) is 12.4. The molecule has 1 fully saturated rings. The Morgan fingerprint density at radius 3 is 2.35 bits per heavy atom. The maximum Gasteiger partial charge on any atom is 0.197 e. The molecular weight excluding hydrogens is 341 g/mol. The first-order valence-electron chi connectivity index (χ1n) is 7.14. The minimum Gasteiger partial charge on any atom is -0.375 e. The first kappa shape index (κ1) is 17.6. The van der Waals surface area contributed by atoms with Crippen LogP contribution in [0.15, 0.2) is 29.4 Å². The van der Waals surface area contributed by atoms with Crippen LogP contribution in [0.25, 0.3) is 0 Å². The van der Waals surface area contributed by atoms with Crippen LogP contribution < -0.4 is 0 Å². The monoisotopic (exact) mass is 355 g/mol. The molecule has 7 heteroatoms. The molecule has 1 aliphatic rings. The van der Waals surface area contributed by atoms with Gasteiger partial charge in [0.25, 0.3) is 0 Å². The van der Waals surface area contributed by atoms with Crippen molar-refractivity contribution in [2.24, 2.45) is 11.1 Å². The van der Waals surface area contributed by atoms with Gasteiger partial charge in [0.1, 0.15) is 5.92 Å². The second kappa shape index (κ2) is 7.70. The minimum atomic E-state index is -1.25. The minimum absolute atomic E-state index is 0.0721. The normalized spacial score (nSPS) is 18.0. The van der Waals surface area contributed by atoms with Gasteiger partial charge >= 0.3 is 0 Å². The second-order valence-corrected chi connectivity index (χ2v) is 6.13. The van der Waals surface area contributed by atoms with Gasteiger partial charge in [-0.15, -0.1) is 0 Å². The molecule has 0 aromatic heterocycles. The molecule has 122 valence electrons. The third kappa shape index (κ3) is 4.18. The number of Topliss-reactive ketones (excluding diaryl/α,β-unsaturated/α-hetero) is 3. The predicted octanol–water partition coefficient (Wildman–Crippen LogP) is 3.31. The lowest BCUT2D eigenvalue weighted by atomic mass is 9.81. The van der Waals surface area contributed by atoms with Crippen LogP contribution in [-0.4, -0.2) is 28.1 Å². The van der Waals surface area contributed by atoms with Gasteiger partial charge in [-0.3, -0.25) is 14.4 Å². The molecule has 2 rings (SSSR count). The molecule has 0 bridgehead atoms. The average Bonchev–Trinajstić information content (AvgIpc) is 2.52. The van der Waals surface area contributed by atoms with E-state index in [1.807, 2.05) is 0 Å². The Morgan fingerprint density at radius 1 is 1.22 bits per heavy atom. The highest BCUT2D eigenvalue weighted by molar-refractivity contribution is 6.70. The Morgan fingerprint density at radius 2 is 1.78 bits per heavy atom. The van der Waals surface area contributed by atoms with E-state index in [1.54, 1.807) is 25.1 Å². The van der Waals surface area contributed by atoms with E-state index >= 15 is 0 Å². The van der Waals surface area contributed by atoms with Gasteiger partial charge in [-0.05, 0) is 13.3 Å². The number of nitrogens with zero attached hydrogens (tertiary/aromatic N) is 1. The maximum atomic E-state index is 12.7. The maximum absolute atomic E-state index is 12.7. The predicted molar refractivity (Wildman–Crippen MR) is 86.9 cm³/mol. The number of halogens is 2. The van der Waals surface area contributed by atoms with Crippen molar-refractivity contribution < 1.29 is 19.2 Å². The third-order valence-corrected chi connectivity index (χ3v) is 3.80. The highest BCUT2D eigenvalue weighted by atomic mass is 35.5. The van der Waals surface area contributed by atoms with Gasteiger partial charge in [0.15, 0.2) is 28.1 Å². The topological polar surface area (TPSA) is 72.8 Å². The summed E-state index contributed by atoms with van der Waals surface area (Å²) in [5.41, 5.74) is -0.226. The molecule has 0 N–H and O–H groups in total. The van der Waals surface area contributed by atoms with Crippen molar-refractivity contribution >= 4 is 45.7 Å². The average molecular weight is 356 g/mol. The molecular formula is C16H15Cl2NO4. The van der Waals surface area contributed by atoms with E-state index < -0.39 is 17.3 Å². The van der Waals surface area contributed by atoms with Gasteiger partial charge in [-0.25, -0.2) is 0 Å². The smallest absolute Gasteiger partial charge is 0.197 e. The summed E-state index contributed by atoms with van der Waals surface area (Å²) in [6.45, 7) is 1.56. The molecule has 1 aromatic carbocycles. The second-order valence-electron chi connectivity index (χ2n) is 5.16. The fraction of sp³-hybridized carbons (Fsp3) is 0.375. The summed E-state index contributed by atoms with van der Waals surface area (Å²) in [6, 6.07) is 6.37. The molecule has 23 heavy (non-hydrogen) atoms. The number of hydrogen-bond donors (Lipinski definition) is 0. The summed E-state index contributed by atoms with van der Waals surface area (Å²) >= 11 is 11.7. The summed E-state index contributed by atoms with van der Waals surface area (Å²) in [4.78, 5) is 41.5. The van der Waals surface area contributed by atoms with Crippen molar-refractivity contribution in [1.82, 2.24) is 0 Å². The standard InChI is InChI=1S/C16H15Cl2NO4/c1-9(17)23-19-16(18)11-6-3-2-5-10(11)15(22)14-12(20)7-4-8-13(14)21/h2-3,5-6,9,14H,4,7-8H2,1H3/b19-16-. The zero-order chi connectivity index (χ0) is 17.0. The van der Waals surface area contributed by atoms with E-state index in [9.17, 15) is 14.4 Å². The fourth-order valence-corrected chi connectivity index (χ4v) is 2.64. The molecule has 1 saturated carbocycles. The quantitative estimate of drug-likeness (QED) is 0.267. The van der Waals surface area contributed by atoms with E-state index in [1.165, 1.54) is 6.07 Å². The van der Waals surface area contributed by atoms with Gasteiger partial charge in [0.2, 0.25) is 0 Å². The fourth-order valence-electron chi connectivity index (χ4n) is 2.40. The Kier molecular flexibility index (Phi) is 5.91. The molecule has 0 spiro atoms. The number of alkyl halides is 1. The molecule has 1 atom stereocenters. The van der Waals surface area contributed by atoms with Gasteiger partial charge in [0.05, 0.1) is 0 Å². The molecule has 1 aliphatic carbocycles. The van der Waals surface area contributed by atoms with Gasteiger partial charge in [-0.1, -0.05) is 52.6 Å². The molecule has 0 radical (unpaired) electrons. The number of carbonyl (C=O) groups is 3. The molecule has 0 saturated heterocycles. The van der Waals surface area contributed by atoms with Crippen LogP contribution in [0.5, 0.6) is 0 Å². The highest BCUT2D eigenvalue weighted by Gasteiger charge is 2.37. The van der Waals surface area contributed by atoms with Crippen LogP contribution in [0.4, 0.5) is 0 Å². The molecule has 0 amide bonds. The van der Waals surface area contributed by atoms with Crippen molar-refractivity contribution in [1.29, 1.82) is 0 Å². The van der Waals surface area contributed by atoms with Crippen LogP contribution in [0, 0.1) is 5.92 Å². The Hall–Kier alpha value is -1.72. The third-order valence-electron chi connectivity index (χ3n) is 3.45. The van der Waals surface area contributed by atoms with Crippen LogP contribution in [-0.2, 0) is 14.4 Å². The number of hydrogen-bond acceptors (Lipinski definition) is 5. The molecule has 1 unspecified atom stereocenters.